The molecule has 0 bridgehead atoms. The standard InChI is InChI=1S/C14H29NO3/c1-7-8-9-15-12(16)10-17-14(5,6)11-18-13(2,3)4/h7-11H2,1-6H3,(H,15,16). The second kappa shape index (κ2) is 7.74. The number of hydrogen-bond acceptors (Lipinski definition) is 3. The third kappa shape index (κ3) is 10.5. The molecule has 0 aromatic heterocycles. The minimum absolute atomic E-state index is 0.0627. The smallest absolute Gasteiger partial charge is 0.246 e. The van der Waals surface area contributed by atoms with Crippen LogP contribution in [0, 0.1) is 0 Å². The van der Waals surface area contributed by atoms with Gasteiger partial charge in [0.05, 0.1) is 17.8 Å². The average Bonchev–Trinajstić information content (AvgIpc) is 2.24. The Kier molecular flexibility index (Phi) is 7.48. The van der Waals surface area contributed by atoms with Crippen molar-refractivity contribution in [3.05, 3.63) is 0 Å². The molecular weight excluding hydrogens is 230 g/mol. The highest BCUT2D eigenvalue weighted by molar-refractivity contribution is 5.77. The summed E-state index contributed by atoms with van der Waals surface area (Å²) in [5.74, 6) is -0.0627. The first-order valence-electron chi connectivity index (χ1n) is 6.71. The molecule has 0 aliphatic carbocycles. The van der Waals surface area contributed by atoms with E-state index in [1.165, 1.54) is 0 Å². The molecule has 0 saturated carbocycles. The maximum atomic E-state index is 11.5. The van der Waals surface area contributed by atoms with Crippen LogP contribution in [0.3, 0.4) is 0 Å². The SMILES string of the molecule is CCCCNC(=O)COC(C)(C)COC(C)(C)C. The maximum absolute atomic E-state index is 11.5. The number of hydrogen-bond donors (Lipinski definition) is 1. The lowest BCUT2D eigenvalue weighted by molar-refractivity contribution is -0.141. The highest BCUT2D eigenvalue weighted by Crippen LogP contribution is 2.15. The summed E-state index contributed by atoms with van der Waals surface area (Å²) in [5.41, 5.74) is -0.639. The van der Waals surface area contributed by atoms with Gasteiger partial charge in [0.1, 0.15) is 6.61 Å². The van der Waals surface area contributed by atoms with Gasteiger partial charge < -0.3 is 14.8 Å². The van der Waals surface area contributed by atoms with Crippen molar-refractivity contribution in [2.75, 3.05) is 19.8 Å². The van der Waals surface area contributed by atoms with E-state index in [2.05, 4.69) is 12.2 Å². The van der Waals surface area contributed by atoms with Gasteiger partial charge in [0.15, 0.2) is 0 Å². The lowest BCUT2D eigenvalue weighted by Crippen LogP contribution is -2.39. The zero-order valence-corrected chi connectivity index (χ0v) is 12.8. The van der Waals surface area contributed by atoms with E-state index in [4.69, 9.17) is 9.47 Å². The van der Waals surface area contributed by atoms with Gasteiger partial charge in [0.25, 0.3) is 0 Å². The Morgan fingerprint density at radius 3 is 2.22 bits per heavy atom. The van der Waals surface area contributed by atoms with E-state index in [1.54, 1.807) is 0 Å². The minimum atomic E-state index is -0.449. The summed E-state index contributed by atoms with van der Waals surface area (Å²) in [6.07, 6.45) is 2.08. The molecule has 108 valence electrons. The van der Waals surface area contributed by atoms with Crippen LogP contribution in [0.2, 0.25) is 0 Å². The van der Waals surface area contributed by atoms with Gasteiger partial charge in [0, 0.05) is 6.54 Å². The fourth-order valence-corrected chi connectivity index (χ4v) is 1.15. The van der Waals surface area contributed by atoms with Crippen molar-refractivity contribution >= 4 is 5.91 Å². The van der Waals surface area contributed by atoms with Crippen LogP contribution in [0.4, 0.5) is 0 Å². The monoisotopic (exact) mass is 259 g/mol. The number of carbonyl (C=O) groups is 1. The number of carbonyl (C=O) groups excluding carboxylic acids is 1. The number of amides is 1. The number of rotatable bonds is 8. The molecule has 0 aromatic rings. The second-order valence-electron chi connectivity index (χ2n) is 6.15. The van der Waals surface area contributed by atoms with Crippen LogP contribution in [0.25, 0.3) is 0 Å². The van der Waals surface area contributed by atoms with Crippen LogP contribution < -0.4 is 5.32 Å². The summed E-state index contributed by atoms with van der Waals surface area (Å²) in [6, 6.07) is 0. The molecule has 0 unspecified atom stereocenters. The Balaban J connectivity index is 3.84. The van der Waals surface area contributed by atoms with Crippen LogP contribution in [0.5, 0.6) is 0 Å². The van der Waals surface area contributed by atoms with Crippen LogP contribution in [0.1, 0.15) is 54.4 Å². The molecule has 0 aliphatic rings. The van der Waals surface area contributed by atoms with Crippen molar-refractivity contribution in [2.24, 2.45) is 0 Å². The Morgan fingerprint density at radius 1 is 1.11 bits per heavy atom. The van der Waals surface area contributed by atoms with Gasteiger partial charge in [-0.2, -0.15) is 0 Å². The van der Waals surface area contributed by atoms with E-state index in [9.17, 15) is 4.79 Å². The van der Waals surface area contributed by atoms with Crippen molar-refractivity contribution < 1.29 is 14.3 Å². The zero-order valence-electron chi connectivity index (χ0n) is 12.8. The number of ether oxygens (including phenoxy) is 2. The Labute approximate surface area is 111 Å². The molecule has 0 aliphatic heterocycles. The third-order valence-electron chi connectivity index (χ3n) is 2.30. The average molecular weight is 259 g/mol. The maximum Gasteiger partial charge on any atom is 0.246 e. The summed E-state index contributed by atoms with van der Waals surface area (Å²) in [5, 5.41) is 2.82. The summed E-state index contributed by atoms with van der Waals surface area (Å²) >= 11 is 0. The number of nitrogens with one attached hydrogen (secondary N) is 1. The molecule has 0 rings (SSSR count). The summed E-state index contributed by atoms with van der Waals surface area (Å²) in [7, 11) is 0. The highest BCUT2D eigenvalue weighted by Gasteiger charge is 2.23. The first-order chi connectivity index (χ1) is 8.16. The Morgan fingerprint density at radius 2 is 1.72 bits per heavy atom. The summed E-state index contributed by atoms with van der Waals surface area (Å²) < 4.78 is 11.2. The lowest BCUT2D eigenvalue weighted by atomic mass is 10.1. The Bertz CT molecular complexity index is 244. The van der Waals surface area contributed by atoms with Crippen molar-refractivity contribution in [1.82, 2.24) is 5.32 Å². The molecule has 0 spiro atoms. The quantitative estimate of drug-likeness (QED) is 0.681. The highest BCUT2D eigenvalue weighted by atomic mass is 16.6. The molecule has 4 nitrogen and oxygen atoms in total. The van der Waals surface area contributed by atoms with E-state index in [1.807, 2.05) is 34.6 Å². The topological polar surface area (TPSA) is 47.6 Å². The summed E-state index contributed by atoms with van der Waals surface area (Å²) in [6.45, 7) is 13.2. The summed E-state index contributed by atoms with van der Waals surface area (Å²) in [4.78, 5) is 11.5. The van der Waals surface area contributed by atoms with Crippen molar-refractivity contribution in [3.8, 4) is 0 Å². The second-order valence-corrected chi connectivity index (χ2v) is 6.15. The van der Waals surface area contributed by atoms with E-state index in [-0.39, 0.29) is 18.1 Å². The van der Waals surface area contributed by atoms with Gasteiger partial charge in [-0.1, -0.05) is 13.3 Å². The van der Waals surface area contributed by atoms with E-state index in [0.29, 0.717) is 6.61 Å². The van der Waals surface area contributed by atoms with Crippen LogP contribution >= 0.6 is 0 Å². The minimum Gasteiger partial charge on any atom is -0.373 e. The molecule has 1 amide bonds. The van der Waals surface area contributed by atoms with E-state index >= 15 is 0 Å². The van der Waals surface area contributed by atoms with E-state index in [0.717, 1.165) is 19.4 Å². The number of unbranched alkanes of at least 4 members (excludes halogenated alkanes) is 1. The van der Waals surface area contributed by atoms with Crippen molar-refractivity contribution in [2.45, 2.75) is 65.6 Å². The molecule has 4 heteroatoms. The largest absolute Gasteiger partial charge is 0.373 e. The first kappa shape index (κ1) is 17.4. The zero-order chi connectivity index (χ0) is 14.2. The van der Waals surface area contributed by atoms with Crippen molar-refractivity contribution in [1.29, 1.82) is 0 Å². The van der Waals surface area contributed by atoms with Crippen LogP contribution in [-0.4, -0.2) is 36.9 Å². The lowest BCUT2D eigenvalue weighted by Gasteiger charge is -2.29. The normalized spacial score (nSPS) is 12.6. The first-order valence-corrected chi connectivity index (χ1v) is 6.71. The molecule has 0 radical (unpaired) electrons. The third-order valence-corrected chi connectivity index (χ3v) is 2.30. The van der Waals surface area contributed by atoms with Crippen molar-refractivity contribution in [3.63, 3.8) is 0 Å². The predicted molar refractivity (Wildman–Crippen MR) is 73.7 cm³/mol. The molecular formula is C14H29NO3. The fourth-order valence-electron chi connectivity index (χ4n) is 1.15. The fraction of sp³-hybridized carbons (Fsp3) is 0.929. The molecule has 0 fully saturated rings. The molecule has 0 aromatic carbocycles. The van der Waals surface area contributed by atoms with Gasteiger partial charge in [-0.25, -0.2) is 0 Å². The molecule has 18 heavy (non-hydrogen) atoms. The van der Waals surface area contributed by atoms with Crippen LogP contribution in [0.15, 0.2) is 0 Å². The molecule has 0 atom stereocenters. The van der Waals surface area contributed by atoms with Crippen LogP contribution in [-0.2, 0) is 14.3 Å². The van der Waals surface area contributed by atoms with Gasteiger partial charge in [-0.15, -0.1) is 0 Å². The Hall–Kier alpha value is -0.610. The predicted octanol–water partition coefficient (Wildman–Crippen LogP) is 2.51. The van der Waals surface area contributed by atoms with Gasteiger partial charge in [0.2, 0.25) is 5.91 Å². The van der Waals surface area contributed by atoms with Gasteiger partial charge in [-0.3, -0.25) is 4.79 Å². The molecule has 0 saturated heterocycles. The van der Waals surface area contributed by atoms with Gasteiger partial charge in [-0.05, 0) is 41.0 Å². The molecule has 1 N–H and O–H groups in total. The molecule has 0 heterocycles. The van der Waals surface area contributed by atoms with Gasteiger partial charge >= 0.3 is 0 Å². The van der Waals surface area contributed by atoms with E-state index < -0.39 is 5.60 Å².